The number of rotatable bonds is 7. The van der Waals surface area contributed by atoms with Crippen molar-refractivity contribution in [3.05, 3.63) is 47.3 Å². The van der Waals surface area contributed by atoms with Crippen molar-refractivity contribution >= 4 is 5.91 Å². The predicted molar refractivity (Wildman–Crippen MR) is 109 cm³/mol. The van der Waals surface area contributed by atoms with E-state index in [1.807, 2.05) is 16.8 Å². The molecule has 0 atom stereocenters. The SMILES string of the molecule is CCc1c(C(=O)NCCCN2CCC(C)CC2)cnn1-c1ccc(C)cc1. The standard InChI is InChI=1S/C22H32N4O/c1-4-21-20(16-24-26(21)19-8-6-17(2)7-9-19)22(27)23-12-5-13-25-14-10-18(3)11-15-25/h6-9,16,18H,4-5,10-15H2,1-3H3,(H,23,27). The van der Waals surface area contributed by atoms with Gasteiger partial charge < -0.3 is 10.2 Å². The van der Waals surface area contributed by atoms with Crippen LogP contribution >= 0.6 is 0 Å². The predicted octanol–water partition coefficient (Wildman–Crippen LogP) is 3.59. The average molecular weight is 369 g/mol. The first kappa shape index (κ1) is 19.6. The van der Waals surface area contributed by atoms with Gasteiger partial charge in [-0.15, -0.1) is 0 Å². The molecule has 1 aliphatic rings. The van der Waals surface area contributed by atoms with Crippen LogP contribution in [0.1, 0.15) is 54.7 Å². The molecule has 1 fully saturated rings. The van der Waals surface area contributed by atoms with Crippen LogP contribution in [-0.2, 0) is 6.42 Å². The normalized spacial score (nSPS) is 15.8. The van der Waals surface area contributed by atoms with Crippen molar-refractivity contribution in [1.29, 1.82) is 0 Å². The lowest BCUT2D eigenvalue weighted by molar-refractivity contribution is 0.0949. The Labute approximate surface area is 162 Å². The second kappa shape index (κ2) is 9.18. The molecule has 5 heteroatoms. The highest BCUT2D eigenvalue weighted by molar-refractivity contribution is 5.95. The molecule has 1 saturated heterocycles. The summed E-state index contributed by atoms with van der Waals surface area (Å²) < 4.78 is 1.88. The van der Waals surface area contributed by atoms with E-state index in [0.717, 1.165) is 36.7 Å². The van der Waals surface area contributed by atoms with E-state index in [-0.39, 0.29) is 5.91 Å². The number of aromatic nitrogens is 2. The number of likely N-dealkylation sites (tertiary alicyclic amines) is 1. The maximum atomic E-state index is 12.6. The molecule has 0 bridgehead atoms. The molecule has 1 amide bonds. The maximum Gasteiger partial charge on any atom is 0.254 e. The van der Waals surface area contributed by atoms with Crippen LogP contribution < -0.4 is 5.32 Å². The number of hydrogen-bond acceptors (Lipinski definition) is 3. The molecule has 1 N–H and O–H groups in total. The topological polar surface area (TPSA) is 50.2 Å². The van der Waals surface area contributed by atoms with Crippen LogP contribution in [-0.4, -0.2) is 46.8 Å². The van der Waals surface area contributed by atoms with Crippen LogP contribution in [0.2, 0.25) is 0 Å². The highest BCUT2D eigenvalue weighted by atomic mass is 16.1. The van der Waals surface area contributed by atoms with E-state index >= 15 is 0 Å². The Morgan fingerprint density at radius 1 is 1.22 bits per heavy atom. The second-order valence-electron chi connectivity index (χ2n) is 7.74. The van der Waals surface area contributed by atoms with Gasteiger partial charge in [-0.1, -0.05) is 31.5 Å². The van der Waals surface area contributed by atoms with E-state index in [4.69, 9.17) is 0 Å². The number of piperidine rings is 1. The molecule has 5 nitrogen and oxygen atoms in total. The van der Waals surface area contributed by atoms with Gasteiger partial charge in [0.2, 0.25) is 0 Å². The van der Waals surface area contributed by atoms with Gasteiger partial charge in [0.25, 0.3) is 5.91 Å². The Morgan fingerprint density at radius 2 is 1.93 bits per heavy atom. The van der Waals surface area contributed by atoms with Crippen molar-refractivity contribution in [2.24, 2.45) is 5.92 Å². The number of benzene rings is 1. The molecule has 0 radical (unpaired) electrons. The molecule has 2 heterocycles. The van der Waals surface area contributed by atoms with Crippen LogP contribution in [0.3, 0.4) is 0 Å². The monoisotopic (exact) mass is 368 g/mol. The number of amides is 1. The number of hydrogen-bond donors (Lipinski definition) is 1. The quantitative estimate of drug-likeness (QED) is 0.760. The summed E-state index contributed by atoms with van der Waals surface area (Å²) in [5.74, 6) is 0.843. The highest BCUT2D eigenvalue weighted by Gasteiger charge is 2.18. The van der Waals surface area contributed by atoms with E-state index in [2.05, 4.69) is 48.2 Å². The lowest BCUT2D eigenvalue weighted by atomic mass is 9.99. The fourth-order valence-corrected chi connectivity index (χ4v) is 3.70. The van der Waals surface area contributed by atoms with Gasteiger partial charge in [0.1, 0.15) is 0 Å². The summed E-state index contributed by atoms with van der Waals surface area (Å²) in [6, 6.07) is 8.22. The van der Waals surface area contributed by atoms with Gasteiger partial charge in [-0.05, 0) is 70.3 Å². The van der Waals surface area contributed by atoms with Gasteiger partial charge in [-0.25, -0.2) is 4.68 Å². The molecule has 0 spiro atoms. The third kappa shape index (κ3) is 4.98. The van der Waals surface area contributed by atoms with Crippen LogP contribution in [0.15, 0.2) is 30.5 Å². The fourth-order valence-electron chi connectivity index (χ4n) is 3.70. The Bertz CT molecular complexity index is 742. The third-order valence-electron chi connectivity index (χ3n) is 5.54. The number of carbonyl (C=O) groups excluding carboxylic acids is 1. The van der Waals surface area contributed by atoms with Gasteiger partial charge in [-0.2, -0.15) is 5.10 Å². The van der Waals surface area contributed by atoms with E-state index in [9.17, 15) is 4.79 Å². The van der Waals surface area contributed by atoms with E-state index in [0.29, 0.717) is 12.1 Å². The van der Waals surface area contributed by atoms with Crippen LogP contribution in [0.25, 0.3) is 5.69 Å². The summed E-state index contributed by atoms with van der Waals surface area (Å²) in [4.78, 5) is 15.2. The van der Waals surface area contributed by atoms with Crippen molar-refractivity contribution in [3.63, 3.8) is 0 Å². The van der Waals surface area contributed by atoms with Crippen molar-refractivity contribution < 1.29 is 4.79 Å². The van der Waals surface area contributed by atoms with Crippen molar-refractivity contribution in [3.8, 4) is 5.69 Å². The first-order chi connectivity index (χ1) is 13.1. The molecule has 3 rings (SSSR count). The minimum atomic E-state index is -0.0162. The zero-order chi connectivity index (χ0) is 19.2. The minimum Gasteiger partial charge on any atom is -0.352 e. The zero-order valence-electron chi connectivity index (χ0n) is 16.9. The largest absolute Gasteiger partial charge is 0.352 e. The molecular weight excluding hydrogens is 336 g/mol. The molecule has 0 saturated carbocycles. The van der Waals surface area contributed by atoms with E-state index in [1.165, 1.54) is 31.5 Å². The van der Waals surface area contributed by atoms with E-state index in [1.54, 1.807) is 6.20 Å². The smallest absolute Gasteiger partial charge is 0.254 e. The zero-order valence-corrected chi connectivity index (χ0v) is 16.9. The molecule has 0 aliphatic carbocycles. The molecule has 0 unspecified atom stereocenters. The van der Waals surface area contributed by atoms with Crippen molar-refractivity contribution in [1.82, 2.24) is 20.0 Å². The lowest BCUT2D eigenvalue weighted by Crippen LogP contribution is -2.35. The van der Waals surface area contributed by atoms with Gasteiger partial charge in [0.05, 0.1) is 23.1 Å². The van der Waals surface area contributed by atoms with Crippen molar-refractivity contribution in [2.45, 2.75) is 46.5 Å². The number of nitrogens with one attached hydrogen (secondary N) is 1. The summed E-state index contributed by atoms with van der Waals surface area (Å²) in [6.45, 7) is 10.6. The van der Waals surface area contributed by atoms with E-state index < -0.39 is 0 Å². The summed E-state index contributed by atoms with van der Waals surface area (Å²) in [6.07, 6.45) is 6.05. The number of carbonyl (C=O) groups is 1. The van der Waals surface area contributed by atoms with Crippen molar-refractivity contribution in [2.75, 3.05) is 26.2 Å². The summed E-state index contributed by atoms with van der Waals surface area (Å²) in [5.41, 5.74) is 3.85. The Kier molecular flexibility index (Phi) is 6.67. The summed E-state index contributed by atoms with van der Waals surface area (Å²) >= 11 is 0. The number of aryl methyl sites for hydroxylation is 1. The molecule has 1 aromatic carbocycles. The van der Waals surface area contributed by atoms with Crippen LogP contribution in [0.5, 0.6) is 0 Å². The first-order valence-corrected chi connectivity index (χ1v) is 10.2. The minimum absolute atomic E-state index is 0.0162. The molecule has 2 aromatic rings. The molecule has 146 valence electrons. The fraction of sp³-hybridized carbons (Fsp3) is 0.545. The lowest BCUT2D eigenvalue weighted by Gasteiger charge is -2.30. The number of nitrogens with zero attached hydrogens (tertiary/aromatic N) is 3. The molecular formula is C22H32N4O. The molecule has 1 aliphatic heterocycles. The van der Waals surface area contributed by atoms with Gasteiger partial charge >= 0.3 is 0 Å². The Balaban J connectivity index is 1.54. The van der Waals surface area contributed by atoms with Crippen LogP contribution in [0.4, 0.5) is 0 Å². The average Bonchev–Trinajstić information content (AvgIpc) is 3.11. The molecule has 27 heavy (non-hydrogen) atoms. The van der Waals surface area contributed by atoms with Crippen LogP contribution in [0, 0.1) is 12.8 Å². The third-order valence-corrected chi connectivity index (χ3v) is 5.54. The highest BCUT2D eigenvalue weighted by Crippen LogP contribution is 2.17. The second-order valence-corrected chi connectivity index (χ2v) is 7.74. The Morgan fingerprint density at radius 3 is 2.59 bits per heavy atom. The van der Waals surface area contributed by atoms with Gasteiger partial charge in [0, 0.05) is 6.54 Å². The maximum absolute atomic E-state index is 12.6. The summed E-state index contributed by atoms with van der Waals surface area (Å²) in [7, 11) is 0. The first-order valence-electron chi connectivity index (χ1n) is 10.2. The van der Waals surface area contributed by atoms with Gasteiger partial charge in [0.15, 0.2) is 0 Å². The molecule has 1 aromatic heterocycles. The summed E-state index contributed by atoms with van der Waals surface area (Å²) in [5, 5.41) is 7.54. The Hall–Kier alpha value is -2.14. The van der Waals surface area contributed by atoms with Gasteiger partial charge in [-0.3, -0.25) is 4.79 Å².